The van der Waals surface area contributed by atoms with E-state index in [4.69, 9.17) is 10.5 Å². The molecule has 104 valence electrons. The Labute approximate surface area is 116 Å². The second kappa shape index (κ2) is 6.03. The van der Waals surface area contributed by atoms with E-state index in [2.05, 4.69) is 10.3 Å². The molecule has 0 unspecified atom stereocenters. The summed E-state index contributed by atoms with van der Waals surface area (Å²) < 4.78 is 5.04. The molecule has 0 saturated carbocycles. The predicted octanol–water partition coefficient (Wildman–Crippen LogP) is 1.51. The molecule has 2 aromatic rings. The molecule has 1 amide bonds. The molecule has 1 aromatic carbocycles. The molecule has 0 radical (unpaired) electrons. The number of nitrogens with zero attached hydrogens (tertiary/aromatic N) is 1. The number of benzene rings is 1. The first-order valence-electron chi connectivity index (χ1n) is 5.97. The molecule has 0 aliphatic rings. The number of methoxy groups -OCH3 is 1. The van der Waals surface area contributed by atoms with Gasteiger partial charge in [0, 0.05) is 24.4 Å². The number of hydrogen-bond donors (Lipinski definition) is 3. The number of rotatable bonds is 4. The Hall–Kier alpha value is -2.60. The smallest absolute Gasteiger partial charge is 0.255 e. The lowest BCUT2D eigenvalue weighted by Crippen LogP contribution is -2.13. The van der Waals surface area contributed by atoms with Crippen molar-refractivity contribution in [2.45, 2.75) is 6.54 Å². The third-order valence-electron chi connectivity index (χ3n) is 2.74. The van der Waals surface area contributed by atoms with Crippen LogP contribution in [0.15, 0.2) is 36.5 Å². The van der Waals surface area contributed by atoms with E-state index in [9.17, 15) is 9.90 Å². The first-order chi connectivity index (χ1) is 9.63. The van der Waals surface area contributed by atoms with Gasteiger partial charge in [-0.1, -0.05) is 0 Å². The van der Waals surface area contributed by atoms with Gasteiger partial charge in [-0.2, -0.15) is 0 Å². The predicted molar refractivity (Wildman–Crippen MR) is 74.7 cm³/mol. The van der Waals surface area contributed by atoms with E-state index < -0.39 is 0 Å². The van der Waals surface area contributed by atoms with Crippen molar-refractivity contribution in [1.29, 1.82) is 0 Å². The van der Waals surface area contributed by atoms with Crippen LogP contribution in [0.2, 0.25) is 0 Å². The minimum Gasteiger partial charge on any atom is -0.506 e. The molecule has 0 spiro atoms. The van der Waals surface area contributed by atoms with E-state index in [1.165, 1.54) is 25.4 Å². The summed E-state index contributed by atoms with van der Waals surface area (Å²) in [6.45, 7) is 0.255. The van der Waals surface area contributed by atoms with Crippen molar-refractivity contribution in [3.63, 3.8) is 0 Å². The van der Waals surface area contributed by atoms with Crippen molar-refractivity contribution in [1.82, 2.24) is 4.98 Å². The number of anilines is 1. The van der Waals surface area contributed by atoms with Crippen molar-refractivity contribution >= 4 is 11.6 Å². The Morgan fingerprint density at radius 1 is 1.40 bits per heavy atom. The van der Waals surface area contributed by atoms with Gasteiger partial charge in [-0.3, -0.25) is 9.78 Å². The minimum atomic E-state index is -0.356. The summed E-state index contributed by atoms with van der Waals surface area (Å²) in [5.74, 6) is 0.147. The zero-order valence-corrected chi connectivity index (χ0v) is 11.0. The average molecular weight is 273 g/mol. The van der Waals surface area contributed by atoms with E-state index in [1.54, 1.807) is 18.2 Å². The van der Waals surface area contributed by atoms with Crippen molar-refractivity contribution in [3.05, 3.63) is 47.8 Å². The van der Waals surface area contributed by atoms with Gasteiger partial charge in [0.25, 0.3) is 5.91 Å². The van der Waals surface area contributed by atoms with Crippen LogP contribution in [0.3, 0.4) is 0 Å². The monoisotopic (exact) mass is 273 g/mol. The number of aromatic nitrogens is 1. The summed E-state index contributed by atoms with van der Waals surface area (Å²) in [4.78, 5) is 16.1. The molecule has 0 atom stereocenters. The van der Waals surface area contributed by atoms with Gasteiger partial charge in [-0.05, 0) is 24.3 Å². The van der Waals surface area contributed by atoms with Crippen LogP contribution in [0.5, 0.6) is 11.5 Å². The summed E-state index contributed by atoms with van der Waals surface area (Å²) in [5.41, 5.74) is 6.80. The van der Waals surface area contributed by atoms with Crippen molar-refractivity contribution in [2.75, 3.05) is 12.4 Å². The molecule has 0 bridgehead atoms. The topological polar surface area (TPSA) is 97.5 Å². The molecule has 0 saturated heterocycles. The van der Waals surface area contributed by atoms with E-state index in [0.717, 1.165) is 0 Å². The van der Waals surface area contributed by atoms with E-state index in [-0.39, 0.29) is 23.9 Å². The molecule has 0 aliphatic carbocycles. The molecule has 0 fully saturated rings. The van der Waals surface area contributed by atoms with Crippen LogP contribution in [-0.4, -0.2) is 23.1 Å². The number of phenolic OH excluding ortho intramolecular Hbond substituents is 1. The molecule has 1 aromatic heterocycles. The average Bonchev–Trinajstić information content (AvgIpc) is 2.49. The molecule has 6 heteroatoms. The Kier molecular flexibility index (Phi) is 4.17. The normalized spacial score (nSPS) is 10.1. The molecule has 4 N–H and O–H groups in total. The van der Waals surface area contributed by atoms with Gasteiger partial charge in [0.05, 0.1) is 18.5 Å². The van der Waals surface area contributed by atoms with Crippen molar-refractivity contribution < 1.29 is 14.6 Å². The highest BCUT2D eigenvalue weighted by Crippen LogP contribution is 2.28. The fraction of sp³-hybridized carbons (Fsp3) is 0.143. The lowest BCUT2D eigenvalue weighted by Gasteiger charge is -2.09. The highest BCUT2D eigenvalue weighted by Gasteiger charge is 2.10. The first kappa shape index (κ1) is 13.8. The summed E-state index contributed by atoms with van der Waals surface area (Å²) in [6, 6.07) is 7.77. The Balaban J connectivity index is 2.22. The van der Waals surface area contributed by atoms with Gasteiger partial charge >= 0.3 is 0 Å². The van der Waals surface area contributed by atoms with E-state index in [1.807, 2.05) is 0 Å². The second-order valence-corrected chi connectivity index (χ2v) is 4.08. The number of carbonyl (C=O) groups is 1. The molecule has 1 heterocycles. The number of nitrogens with two attached hydrogens (primary N) is 1. The standard InChI is InChI=1S/C14H15N3O3/c1-20-11-2-3-13(18)12(7-11)17-14(19)9-4-5-16-10(6-9)8-15/h2-7,18H,8,15H2,1H3,(H,17,19). The van der Waals surface area contributed by atoms with Gasteiger partial charge in [-0.25, -0.2) is 0 Å². The van der Waals surface area contributed by atoms with Crippen LogP contribution in [0.25, 0.3) is 0 Å². The van der Waals surface area contributed by atoms with E-state index in [0.29, 0.717) is 17.0 Å². The zero-order chi connectivity index (χ0) is 14.5. The van der Waals surface area contributed by atoms with Crippen LogP contribution in [-0.2, 0) is 6.54 Å². The van der Waals surface area contributed by atoms with E-state index >= 15 is 0 Å². The second-order valence-electron chi connectivity index (χ2n) is 4.08. The zero-order valence-electron chi connectivity index (χ0n) is 11.0. The van der Waals surface area contributed by atoms with Crippen LogP contribution in [0, 0.1) is 0 Å². The number of pyridine rings is 1. The number of nitrogens with one attached hydrogen (secondary N) is 1. The number of aromatic hydroxyl groups is 1. The van der Waals surface area contributed by atoms with Crippen LogP contribution in [0.1, 0.15) is 16.1 Å². The third kappa shape index (κ3) is 3.04. The summed E-state index contributed by atoms with van der Waals surface area (Å²) in [5, 5.41) is 12.3. The molecule has 0 aliphatic heterocycles. The number of ether oxygens (including phenoxy) is 1. The molecular formula is C14H15N3O3. The van der Waals surface area contributed by atoms with Crippen LogP contribution >= 0.6 is 0 Å². The Morgan fingerprint density at radius 3 is 2.90 bits per heavy atom. The number of amides is 1. The van der Waals surface area contributed by atoms with Crippen LogP contribution in [0.4, 0.5) is 5.69 Å². The summed E-state index contributed by atoms with van der Waals surface area (Å²) >= 11 is 0. The Morgan fingerprint density at radius 2 is 2.20 bits per heavy atom. The largest absolute Gasteiger partial charge is 0.506 e. The quantitative estimate of drug-likeness (QED) is 0.733. The maximum absolute atomic E-state index is 12.1. The molecule has 6 nitrogen and oxygen atoms in total. The highest BCUT2D eigenvalue weighted by atomic mass is 16.5. The number of phenols is 1. The van der Waals surface area contributed by atoms with Crippen molar-refractivity contribution in [3.8, 4) is 11.5 Å². The molecular weight excluding hydrogens is 258 g/mol. The molecule has 20 heavy (non-hydrogen) atoms. The molecule has 2 rings (SSSR count). The lowest BCUT2D eigenvalue weighted by atomic mass is 10.2. The van der Waals surface area contributed by atoms with Gasteiger partial charge in [0.1, 0.15) is 11.5 Å². The summed E-state index contributed by atoms with van der Waals surface area (Å²) in [7, 11) is 1.51. The number of hydrogen-bond acceptors (Lipinski definition) is 5. The van der Waals surface area contributed by atoms with Gasteiger partial charge < -0.3 is 20.9 Å². The third-order valence-corrected chi connectivity index (χ3v) is 2.74. The SMILES string of the molecule is COc1ccc(O)c(NC(=O)c2ccnc(CN)c2)c1. The van der Waals surface area contributed by atoms with Gasteiger partial charge in [-0.15, -0.1) is 0 Å². The van der Waals surface area contributed by atoms with Gasteiger partial charge in [0.2, 0.25) is 0 Å². The first-order valence-corrected chi connectivity index (χ1v) is 5.97. The maximum atomic E-state index is 12.1. The minimum absolute atomic E-state index is 0.0349. The lowest BCUT2D eigenvalue weighted by molar-refractivity contribution is 0.102. The van der Waals surface area contributed by atoms with Crippen molar-refractivity contribution in [2.24, 2.45) is 5.73 Å². The summed E-state index contributed by atoms with van der Waals surface area (Å²) in [6.07, 6.45) is 1.52. The maximum Gasteiger partial charge on any atom is 0.255 e. The number of carbonyl (C=O) groups excluding carboxylic acids is 1. The highest BCUT2D eigenvalue weighted by molar-refractivity contribution is 6.05. The fourth-order valence-corrected chi connectivity index (χ4v) is 1.67. The van der Waals surface area contributed by atoms with Gasteiger partial charge in [0.15, 0.2) is 0 Å². The Bertz CT molecular complexity index is 629. The van der Waals surface area contributed by atoms with Crippen LogP contribution < -0.4 is 15.8 Å². The fourth-order valence-electron chi connectivity index (χ4n) is 1.67.